The van der Waals surface area contributed by atoms with Gasteiger partial charge in [0.05, 0.1) is 20.8 Å². The SMILES string of the molecule is COc1ccc(NC(CO)C(=O)O)cc1OC. The normalized spacial score (nSPS) is 11.7. The van der Waals surface area contributed by atoms with E-state index in [4.69, 9.17) is 19.7 Å². The van der Waals surface area contributed by atoms with Gasteiger partial charge in [0.2, 0.25) is 0 Å². The Morgan fingerprint density at radius 1 is 1.35 bits per heavy atom. The van der Waals surface area contributed by atoms with Gasteiger partial charge in [-0.25, -0.2) is 4.79 Å². The van der Waals surface area contributed by atoms with Crippen LogP contribution in [0.2, 0.25) is 0 Å². The van der Waals surface area contributed by atoms with Crippen LogP contribution >= 0.6 is 0 Å². The monoisotopic (exact) mass is 241 g/mol. The van der Waals surface area contributed by atoms with E-state index in [9.17, 15) is 4.79 Å². The molecule has 94 valence electrons. The average molecular weight is 241 g/mol. The molecule has 17 heavy (non-hydrogen) atoms. The summed E-state index contributed by atoms with van der Waals surface area (Å²) in [6.07, 6.45) is 0. The molecule has 0 radical (unpaired) electrons. The number of ether oxygens (including phenoxy) is 2. The molecule has 6 nitrogen and oxygen atoms in total. The molecule has 3 N–H and O–H groups in total. The molecule has 1 atom stereocenters. The number of benzene rings is 1. The number of hydrogen-bond donors (Lipinski definition) is 3. The Bertz CT molecular complexity index is 393. The van der Waals surface area contributed by atoms with E-state index in [0.29, 0.717) is 17.2 Å². The maximum Gasteiger partial charge on any atom is 0.328 e. The van der Waals surface area contributed by atoms with Gasteiger partial charge < -0.3 is 25.0 Å². The van der Waals surface area contributed by atoms with Gasteiger partial charge in [0.25, 0.3) is 0 Å². The highest BCUT2D eigenvalue weighted by Crippen LogP contribution is 2.29. The van der Waals surface area contributed by atoms with Crippen LogP contribution in [0.1, 0.15) is 0 Å². The number of aliphatic hydroxyl groups excluding tert-OH is 1. The summed E-state index contributed by atoms with van der Waals surface area (Å²) in [4.78, 5) is 10.7. The number of carboxylic acid groups (broad SMARTS) is 1. The van der Waals surface area contributed by atoms with Crippen LogP contribution < -0.4 is 14.8 Å². The zero-order chi connectivity index (χ0) is 12.8. The number of carboxylic acids is 1. The van der Waals surface area contributed by atoms with Gasteiger partial charge in [-0.05, 0) is 12.1 Å². The van der Waals surface area contributed by atoms with Crippen molar-refractivity contribution in [1.82, 2.24) is 0 Å². The van der Waals surface area contributed by atoms with E-state index in [-0.39, 0.29) is 0 Å². The largest absolute Gasteiger partial charge is 0.493 e. The highest BCUT2D eigenvalue weighted by molar-refractivity contribution is 5.77. The summed E-state index contributed by atoms with van der Waals surface area (Å²) in [7, 11) is 3.00. The Hall–Kier alpha value is -1.95. The fraction of sp³-hybridized carbons (Fsp3) is 0.364. The molecule has 1 unspecified atom stereocenters. The second-order valence-corrected chi connectivity index (χ2v) is 3.29. The lowest BCUT2D eigenvalue weighted by molar-refractivity contribution is -0.138. The number of aliphatic hydroxyl groups is 1. The second kappa shape index (κ2) is 5.95. The minimum Gasteiger partial charge on any atom is -0.493 e. The van der Waals surface area contributed by atoms with Crippen LogP contribution in [0.5, 0.6) is 11.5 Å². The summed E-state index contributed by atoms with van der Waals surface area (Å²) in [5.74, 6) is -0.0872. The Morgan fingerprint density at radius 3 is 2.47 bits per heavy atom. The first-order valence-corrected chi connectivity index (χ1v) is 4.94. The third kappa shape index (κ3) is 3.25. The van der Waals surface area contributed by atoms with Crippen molar-refractivity contribution in [3.8, 4) is 11.5 Å². The van der Waals surface area contributed by atoms with Gasteiger partial charge in [-0.3, -0.25) is 0 Å². The molecule has 1 aromatic carbocycles. The number of rotatable bonds is 6. The van der Waals surface area contributed by atoms with Crippen molar-refractivity contribution < 1.29 is 24.5 Å². The molecule has 6 heteroatoms. The van der Waals surface area contributed by atoms with Gasteiger partial charge in [0.1, 0.15) is 6.04 Å². The van der Waals surface area contributed by atoms with Gasteiger partial charge in [0.15, 0.2) is 11.5 Å². The van der Waals surface area contributed by atoms with Gasteiger partial charge in [-0.15, -0.1) is 0 Å². The van der Waals surface area contributed by atoms with Gasteiger partial charge in [0, 0.05) is 11.8 Å². The van der Waals surface area contributed by atoms with E-state index < -0.39 is 18.6 Å². The molecule has 0 spiro atoms. The Kier molecular flexibility index (Phi) is 4.59. The Labute approximate surface area is 98.8 Å². The Balaban J connectivity index is 2.88. The maximum absolute atomic E-state index is 10.7. The minimum atomic E-state index is -1.12. The summed E-state index contributed by atoms with van der Waals surface area (Å²) in [5.41, 5.74) is 0.532. The van der Waals surface area contributed by atoms with E-state index in [1.165, 1.54) is 14.2 Å². The molecular formula is C11H15NO5. The molecule has 0 aliphatic heterocycles. The van der Waals surface area contributed by atoms with Gasteiger partial charge >= 0.3 is 5.97 Å². The van der Waals surface area contributed by atoms with Crippen molar-refractivity contribution in [1.29, 1.82) is 0 Å². The number of methoxy groups -OCH3 is 2. The number of nitrogens with one attached hydrogen (secondary N) is 1. The first kappa shape index (κ1) is 13.1. The standard InChI is InChI=1S/C11H15NO5/c1-16-9-4-3-7(5-10(9)17-2)12-8(6-13)11(14)15/h3-5,8,12-13H,6H2,1-2H3,(H,14,15). The smallest absolute Gasteiger partial charge is 0.328 e. The fourth-order valence-corrected chi connectivity index (χ4v) is 1.31. The van der Waals surface area contributed by atoms with Crippen molar-refractivity contribution in [2.75, 3.05) is 26.1 Å². The molecule has 0 saturated heterocycles. The molecule has 1 aromatic rings. The van der Waals surface area contributed by atoms with Crippen molar-refractivity contribution >= 4 is 11.7 Å². The quantitative estimate of drug-likeness (QED) is 0.674. The highest BCUT2D eigenvalue weighted by Gasteiger charge is 2.16. The van der Waals surface area contributed by atoms with E-state index in [0.717, 1.165) is 0 Å². The predicted molar refractivity (Wildman–Crippen MR) is 61.7 cm³/mol. The molecule has 0 aromatic heterocycles. The second-order valence-electron chi connectivity index (χ2n) is 3.29. The van der Waals surface area contributed by atoms with Crippen molar-refractivity contribution in [2.24, 2.45) is 0 Å². The molecule has 0 heterocycles. The van der Waals surface area contributed by atoms with Crippen LogP contribution in [0.15, 0.2) is 18.2 Å². The van der Waals surface area contributed by atoms with Crippen molar-refractivity contribution in [3.63, 3.8) is 0 Å². The van der Waals surface area contributed by atoms with Crippen LogP contribution in [0.4, 0.5) is 5.69 Å². The molecule has 0 fully saturated rings. The van der Waals surface area contributed by atoms with Gasteiger partial charge in [-0.1, -0.05) is 0 Å². The molecule has 0 aliphatic carbocycles. The average Bonchev–Trinajstić information content (AvgIpc) is 2.35. The zero-order valence-corrected chi connectivity index (χ0v) is 9.64. The third-order valence-electron chi connectivity index (χ3n) is 2.21. The first-order chi connectivity index (χ1) is 8.12. The lowest BCUT2D eigenvalue weighted by atomic mass is 10.2. The zero-order valence-electron chi connectivity index (χ0n) is 9.64. The van der Waals surface area contributed by atoms with E-state index in [2.05, 4.69) is 5.32 Å². The van der Waals surface area contributed by atoms with Crippen LogP contribution in [-0.4, -0.2) is 43.1 Å². The van der Waals surface area contributed by atoms with Crippen LogP contribution in [0, 0.1) is 0 Å². The van der Waals surface area contributed by atoms with Crippen LogP contribution in [0.25, 0.3) is 0 Å². The molecule has 1 rings (SSSR count). The van der Waals surface area contributed by atoms with Crippen molar-refractivity contribution in [2.45, 2.75) is 6.04 Å². The number of aliphatic carboxylic acids is 1. The van der Waals surface area contributed by atoms with Crippen LogP contribution in [-0.2, 0) is 4.79 Å². The summed E-state index contributed by atoms with van der Waals surface area (Å²) >= 11 is 0. The van der Waals surface area contributed by atoms with E-state index in [1.807, 2.05) is 0 Å². The predicted octanol–water partition coefficient (Wildman–Crippen LogP) is 0.561. The molecule has 0 saturated carbocycles. The number of anilines is 1. The lowest BCUT2D eigenvalue weighted by Gasteiger charge is -2.15. The molecule has 0 aliphatic rings. The maximum atomic E-state index is 10.7. The molecular weight excluding hydrogens is 226 g/mol. The minimum absolute atomic E-state index is 0.486. The summed E-state index contributed by atoms with van der Waals surface area (Å²) in [6, 6.07) is 3.85. The fourth-order valence-electron chi connectivity index (χ4n) is 1.31. The third-order valence-corrected chi connectivity index (χ3v) is 2.21. The summed E-state index contributed by atoms with van der Waals surface area (Å²) in [5, 5.41) is 20.3. The number of hydrogen-bond acceptors (Lipinski definition) is 5. The van der Waals surface area contributed by atoms with Crippen molar-refractivity contribution in [3.05, 3.63) is 18.2 Å². The van der Waals surface area contributed by atoms with E-state index >= 15 is 0 Å². The van der Waals surface area contributed by atoms with Crippen LogP contribution in [0.3, 0.4) is 0 Å². The van der Waals surface area contributed by atoms with Gasteiger partial charge in [-0.2, -0.15) is 0 Å². The lowest BCUT2D eigenvalue weighted by Crippen LogP contribution is -2.32. The Morgan fingerprint density at radius 2 is 2.00 bits per heavy atom. The summed E-state index contributed by atoms with van der Waals surface area (Å²) < 4.78 is 10.1. The topological polar surface area (TPSA) is 88.0 Å². The number of carbonyl (C=O) groups is 1. The highest BCUT2D eigenvalue weighted by atomic mass is 16.5. The first-order valence-electron chi connectivity index (χ1n) is 4.94. The van der Waals surface area contributed by atoms with E-state index in [1.54, 1.807) is 18.2 Å². The molecule has 0 amide bonds. The molecule has 0 bridgehead atoms. The summed E-state index contributed by atoms with van der Waals surface area (Å²) in [6.45, 7) is -0.496.